The summed E-state index contributed by atoms with van der Waals surface area (Å²) in [7, 11) is 0. The van der Waals surface area contributed by atoms with Crippen molar-refractivity contribution < 1.29 is 19.7 Å². The van der Waals surface area contributed by atoms with Crippen LogP contribution in [0.4, 0.5) is 0 Å². The number of hydrogen-bond acceptors (Lipinski definition) is 4. The number of aryl methyl sites for hydroxylation is 1. The molecular weight excluding hydrogens is 294 g/mol. The molecule has 1 heterocycles. The van der Waals surface area contributed by atoms with Gasteiger partial charge >= 0.3 is 5.97 Å². The third-order valence-electron chi connectivity index (χ3n) is 2.66. The molecule has 2 aromatic rings. The molecule has 108 valence electrons. The average Bonchev–Trinajstić information content (AvgIpc) is 2.43. The van der Waals surface area contributed by atoms with Crippen molar-refractivity contribution in [1.29, 1.82) is 0 Å². The maximum absolute atomic E-state index is 10.5. The van der Waals surface area contributed by atoms with Gasteiger partial charge in [-0.2, -0.15) is 0 Å². The van der Waals surface area contributed by atoms with Crippen molar-refractivity contribution in [3.8, 4) is 17.4 Å². The van der Waals surface area contributed by atoms with Crippen LogP contribution in [0.25, 0.3) is 6.08 Å². The summed E-state index contributed by atoms with van der Waals surface area (Å²) in [5.74, 6) is -0.291. The molecule has 0 saturated carbocycles. The zero-order valence-corrected chi connectivity index (χ0v) is 11.8. The van der Waals surface area contributed by atoms with E-state index in [0.29, 0.717) is 22.2 Å². The van der Waals surface area contributed by atoms with Gasteiger partial charge in [0.05, 0.1) is 11.2 Å². The predicted octanol–water partition coefficient (Wildman–Crippen LogP) is 3.64. The Kier molecular flexibility index (Phi) is 4.45. The molecule has 0 spiro atoms. The van der Waals surface area contributed by atoms with Crippen LogP contribution in [0.3, 0.4) is 0 Å². The van der Waals surface area contributed by atoms with Crippen molar-refractivity contribution in [2.75, 3.05) is 0 Å². The minimum absolute atomic E-state index is 0.0405. The highest BCUT2D eigenvalue weighted by molar-refractivity contribution is 6.32. The number of halogens is 1. The zero-order chi connectivity index (χ0) is 15.4. The van der Waals surface area contributed by atoms with Gasteiger partial charge in [-0.25, -0.2) is 9.78 Å². The average molecular weight is 306 g/mol. The number of aromatic hydroxyl groups is 1. The molecule has 0 amide bonds. The van der Waals surface area contributed by atoms with Crippen LogP contribution in [0.1, 0.15) is 11.1 Å². The summed E-state index contributed by atoms with van der Waals surface area (Å²) in [6.45, 7) is 1.81. The molecule has 0 bridgehead atoms. The molecule has 0 aliphatic heterocycles. The molecule has 21 heavy (non-hydrogen) atoms. The first kappa shape index (κ1) is 14.9. The second-order valence-corrected chi connectivity index (χ2v) is 4.67. The van der Waals surface area contributed by atoms with E-state index in [9.17, 15) is 4.79 Å². The molecule has 0 radical (unpaired) electrons. The summed E-state index contributed by atoms with van der Waals surface area (Å²) in [5, 5.41) is 18.1. The fourth-order valence-corrected chi connectivity index (χ4v) is 1.85. The van der Waals surface area contributed by atoms with E-state index in [2.05, 4.69) is 4.98 Å². The fraction of sp³-hybridized carbons (Fsp3) is 0.0667. The number of carboxylic acid groups (broad SMARTS) is 1. The van der Waals surface area contributed by atoms with Gasteiger partial charge in [0.15, 0.2) is 0 Å². The van der Waals surface area contributed by atoms with Crippen molar-refractivity contribution in [1.82, 2.24) is 4.98 Å². The maximum Gasteiger partial charge on any atom is 0.328 e. The molecule has 0 unspecified atom stereocenters. The van der Waals surface area contributed by atoms with Crippen LogP contribution < -0.4 is 4.74 Å². The van der Waals surface area contributed by atoms with Crippen LogP contribution in [0.15, 0.2) is 36.5 Å². The van der Waals surface area contributed by atoms with Crippen LogP contribution in [0.5, 0.6) is 17.4 Å². The molecular formula is C15H12ClNO4. The second kappa shape index (κ2) is 6.28. The van der Waals surface area contributed by atoms with Gasteiger partial charge in [0.25, 0.3) is 0 Å². The lowest BCUT2D eigenvalue weighted by Crippen LogP contribution is -1.91. The Labute approximate surface area is 126 Å². The van der Waals surface area contributed by atoms with Crippen molar-refractivity contribution in [2.24, 2.45) is 0 Å². The highest BCUT2D eigenvalue weighted by Crippen LogP contribution is 2.32. The SMILES string of the molecule is Cc1cc(Oc2ccc(O)cn2)c(Cl)cc1C=CC(=O)O. The first-order valence-electron chi connectivity index (χ1n) is 6.00. The van der Waals surface area contributed by atoms with Gasteiger partial charge in [0.1, 0.15) is 11.5 Å². The summed E-state index contributed by atoms with van der Waals surface area (Å²) >= 11 is 6.11. The molecule has 2 N–H and O–H groups in total. The molecule has 0 aliphatic rings. The quantitative estimate of drug-likeness (QED) is 0.843. The van der Waals surface area contributed by atoms with E-state index < -0.39 is 5.97 Å². The second-order valence-electron chi connectivity index (χ2n) is 4.27. The van der Waals surface area contributed by atoms with Crippen molar-refractivity contribution in [3.05, 3.63) is 52.7 Å². The van der Waals surface area contributed by atoms with E-state index in [0.717, 1.165) is 11.6 Å². The fourth-order valence-electron chi connectivity index (χ4n) is 1.63. The lowest BCUT2D eigenvalue weighted by Gasteiger charge is -2.09. The van der Waals surface area contributed by atoms with Crippen LogP contribution in [-0.4, -0.2) is 21.2 Å². The molecule has 6 heteroatoms. The lowest BCUT2D eigenvalue weighted by molar-refractivity contribution is -0.131. The standard InChI is InChI=1S/C15H12ClNO4/c1-9-6-13(21-14-4-3-11(18)8-17-14)12(16)7-10(9)2-5-15(19)20/h2-8,18H,1H3,(H,19,20). The van der Waals surface area contributed by atoms with E-state index in [1.165, 1.54) is 24.4 Å². The van der Waals surface area contributed by atoms with E-state index in [4.69, 9.17) is 26.6 Å². The van der Waals surface area contributed by atoms with Gasteiger partial charge in [-0.3, -0.25) is 0 Å². The van der Waals surface area contributed by atoms with Gasteiger partial charge in [-0.05, 0) is 42.3 Å². The van der Waals surface area contributed by atoms with Crippen molar-refractivity contribution in [2.45, 2.75) is 6.92 Å². The first-order chi connectivity index (χ1) is 9.95. The Morgan fingerprint density at radius 1 is 1.38 bits per heavy atom. The summed E-state index contributed by atoms with van der Waals surface area (Å²) in [5.41, 5.74) is 1.50. The highest BCUT2D eigenvalue weighted by Gasteiger charge is 2.08. The molecule has 0 aliphatic carbocycles. The molecule has 1 aromatic carbocycles. The molecule has 5 nitrogen and oxygen atoms in total. The Morgan fingerprint density at radius 3 is 2.76 bits per heavy atom. The number of rotatable bonds is 4. The zero-order valence-electron chi connectivity index (χ0n) is 11.1. The summed E-state index contributed by atoms with van der Waals surface area (Å²) in [6.07, 6.45) is 3.77. The molecule has 0 saturated heterocycles. The Hall–Kier alpha value is -2.53. The molecule has 0 atom stereocenters. The molecule has 1 aromatic heterocycles. The van der Waals surface area contributed by atoms with Crippen LogP contribution >= 0.6 is 11.6 Å². The van der Waals surface area contributed by atoms with Crippen LogP contribution in [0.2, 0.25) is 5.02 Å². The van der Waals surface area contributed by atoms with E-state index in [1.807, 2.05) is 6.92 Å². The van der Waals surface area contributed by atoms with Gasteiger partial charge < -0.3 is 14.9 Å². The normalized spacial score (nSPS) is 10.8. The van der Waals surface area contributed by atoms with E-state index >= 15 is 0 Å². The number of carbonyl (C=O) groups is 1. The van der Waals surface area contributed by atoms with E-state index in [-0.39, 0.29) is 5.75 Å². The number of pyridine rings is 1. The summed E-state index contributed by atoms with van der Waals surface area (Å²) in [6, 6.07) is 6.27. The number of ether oxygens (including phenoxy) is 1. The topological polar surface area (TPSA) is 79.7 Å². The minimum atomic E-state index is -1.03. The largest absolute Gasteiger partial charge is 0.506 e. The minimum Gasteiger partial charge on any atom is -0.506 e. The number of aromatic nitrogens is 1. The summed E-state index contributed by atoms with van der Waals surface area (Å²) in [4.78, 5) is 14.4. The Bertz CT molecular complexity index is 696. The Balaban J connectivity index is 2.27. The number of hydrogen-bond donors (Lipinski definition) is 2. The number of aliphatic carboxylic acids is 1. The third kappa shape index (κ3) is 3.97. The number of carboxylic acids is 1. The first-order valence-corrected chi connectivity index (χ1v) is 6.37. The highest BCUT2D eigenvalue weighted by atomic mass is 35.5. The number of benzene rings is 1. The Morgan fingerprint density at radius 2 is 2.14 bits per heavy atom. The van der Waals surface area contributed by atoms with Crippen molar-refractivity contribution in [3.63, 3.8) is 0 Å². The van der Waals surface area contributed by atoms with Crippen LogP contribution in [0, 0.1) is 6.92 Å². The summed E-state index contributed by atoms with van der Waals surface area (Å²) < 4.78 is 5.53. The number of nitrogens with zero attached hydrogens (tertiary/aromatic N) is 1. The van der Waals surface area contributed by atoms with Crippen molar-refractivity contribution >= 4 is 23.6 Å². The van der Waals surface area contributed by atoms with Gasteiger partial charge in [0, 0.05) is 12.1 Å². The monoisotopic (exact) mass is 305 g/mol. The van der Waals surface area contributed by atoms with E-state index in [1.54, 1.807) is 12.1 Å². The molecule has 0 fully saturated rings. The van der Waals surface area contributed by atoms with Gasteiger partial charge in [-0.15, -0.1) is 0 Å². The maximum atomic E-state index is 10.5. The smallest absolute Gasteiger partial charge is 0.328 e. The van der Waals surface area contributed by atoms with Gasteiger partial charge in [0.2, 0.25) is 5.88 Å². The van der Waals surface area contributed by atoms with Crippen LogP contribution in [-0.2, 0) is 4.79 Å². The predicted molar refractivity (Wildman–Crippen MR) is 78.8 cm³/mol. The lowest BCUT2D eigenvalue weighted by atomic mass is 10.1. The third-order valence-corrected chi connectivity index (χ3v) is 2.96. The van der Waals surface area contributed by atoms with Gasteiger partial charge in [-0.1, -0.05) is 11.6 Å². The molecule has 2 rings (SSSR count).